The van der Waals surface area contributed by atoms with Crippen LogP contribution < -0.4 is 5.32 Å². The van der Waals surface area contributed by atoms with Crippen molar-refractivity contribution in [2.75, 3.05) is 13.1 Å². The summed E-state index contributed by atoms with van der Waals surface area (Å²) in [5.74, 6) is -0.239. The van der Waals surface area contributed by atoms with Crippen LogP contribution >= 0.6 is 11.6 Å². The summed E-state index contributed by atoms with van der Waals surface area (Å²) in [6.45, 7) is 2.01. The summed E-state index contributed by atoms with van der Waals surface area (Å²) >= 11 is 5.99. The van der Waals surface area contributed by atoms with Gasteiger partial charge in [-0.3, -0.25) is 0 Å². The van der Waals surface area contributed by atoms with E-state index in [4.69, 9.17) is 11.6 Å². The molecule has 3 heteroatoms. The Hall–Kier alpha value is -0.860. The molecule has 1 N–H and O–H groups in total. The van der Waals surface area contributed by atoms with E-state index in [1.165, 1.54) is 11.6 Å². The molecule has 0 radical (unpaired) electrons. The molecule has 16 heavy (non-hydrogen) atoms. The minimum absolute atomic E-state index is 0.239. The molecule has 1 fully saturated rings. The molecule has 1 aliphatic rings. The van der Waals surface area contributed by atoms with Gasteiger partial charge in [0.2, 0.25) is 0 Å². The fraction of sp³-hybridized carbons (Fsp3) is 0.385. The number of halogens is 2. The zero-order valence-corrected chi connectivity index (χ0v) is 9.86. The van der Waals surface area contributed by atoms with Crippen LogP contribution in [-0.4, -0.2) is 13.1 Å². The average molecular weight is 240 g/mol. The van der Waals surface area contributed by atoms with Crippen molar-refractivity contribution < 1.29 is 4.39 Å². The van der Waals surface area contributed by atoms with E-state index >= 15 is 0 Å². The predicted molar refractivity (Wildman–Crippen MR) is 66.1 cm³/mol. The van der Waals surface area contributed by atoms with E-state index in [-0.39, 0.29) is 5.82 Å². The van der Waals surface area contributed by atoms with Gasteiger partial charge in [-0.1, -0.05) is 29.3 Å². The molecule has 0 amide bonds. The van der Waals surface area contributed by atoms with Gasteiger partial charge in [0, 0.05) is 5.56 Å². The maximum absolute atomic E-state index is 13.6. The summed E-state index contributed by atoms with van der Waals surface area (Å²) in [7, 11) is 0. The average Bonchev–Trinajstić information content (AvgIpc) is 2.52. The maximum Gasteiger partial charge on any atom is 0.131 e. The number of hydrogen-bond acceptors (Lipinski definition) is 1. The Kier molecular flexibility index (Phi) is 3.97. The van der Waals surface area contributed by atoms with Crippen LogP contribution in [0.25, 0.3) is 6.08 Å². The monoisotopic (exact) mass is 239 g/mol. The molecule has 1 aromatic rings. The van der Waals surface area contributed by atoms with Crippen LogP contribution in [0.15, 0.2) is 23.8 Å². The Morgan fingerprint density at radius 2 is 2.12 bits per heavy atom. The largest absolute Gasteiger partial charge is 0.316 e. The number of benzene rings is 1. The van der Waals surface area contributed by atoms with Crippen LogP contribution in [0.1, 0.15) is 24.8 Å². The first-order valence-corrected chi connectivity index (χ1v) is 5.99. The Morgan fingerprint density at radius 1 is 1.25 bits per heavy atom. The van der Waals surface area contributed by atoms with Crippen LogP contribution in [0.3, 0.4) is 0 Å². The van der Waals surface area contributed by atoms with Gasteiger partial charge in [-0.05, 0) is 44.5 Å². The third-order valence-corrected chi connectivity index (χ3v) is 3.15. The van der Waals surface area contributed by atoms with Crippen molar-refractivity contribution in [3.05, 3.63) is 40.2 Å². The summed E-state index contributed by atoms with van der Waals surface area (Å²) < 4.78 is 13.6. The van der Waals surface area contributed by atoms with Gasteiger partial charge in [-0.15, -0.1) is 0 Å². The molecule has 1 saturated heterocycles. The molecule has 1 heterocycles. The number of hydrogen-bond donors (Lipinski definition) is 1. The molecule has 2 rings (SSSR count). The molecule has 1 aromatic carbocycles. The zero-order valence-electron chi connectivity index (χ0n) is 9.10. The fourth-order valence-electron chi connectivity index (χ4n) is 1.94. The van der Waals surface area contributed by atoms with Crippen molar-refractivity contribution in [2.45, 2.75) is 19.3 Å². The fourth-order valence-corrected chi connectivity index (χ4v) is 2.15. The topological polar surface area (TPSA) is 12.0 Å². The highest BCUT2D eigenvalue weighted by Crippen LogP contribution is 2.24. The van der Waals surface area contributed by atoms with Crippen molar-refractivity contribution in [3.8, 4) is 0 Å². The lowest BCUT2D eigenvalue weighted by Crippen LogP contribution is -2.13. The minimum atomic E-state index is -0.239. The molecular formula is C13H15ClFN. The molecule has 86 valence electrons. The van der Waals surface area contributed by atoms with Crippen LogP contribution in [-0.2, 0) is 0 Å². The predicted octanol–water partition coefficient (Wildman–Crippen LogP) is 3.64. The highest BCUT2D eigenvalue weighted by atomic mass is 35.5. The smallest absolute Gasteiger partial charge is 0.131 e. The second kappa shape index (κ2) is 5.46. The molecule has 0 atom stereocenters. The first kappa shape index (κ1) is 11.6. The number of nitrogens with one attached hydrogen (secondary N) is 1. The molecular weight excluding hydrogens is 225 g/mol. The summed E-state index contributed by atoms with van der Waals surface area (Å²) in [6.07, 6.45) is 5.02. The van der Waals surface area contributed by atoms with E-state index in [2.05, 4.69) is 5.32 Å². The normalized spacial score (nSPS) is 19.8. The minimum Gasteiger partial charge on any atom is -0.316 e. The van der Waals surface area contributed by atoms with E-state index in [1.807, 2.05) is 6.08 Å². The SMILES string of the molecule is Fc1cccc(Cl)c1/C=C1/CCCNCC1. The van der Waals surface area contributed by atoms with Gasteiger partial charge >= 0.3 is 0 Å². The van der Waals surface area contributed by atoms with E-state index in [0.717, 1.165) is 32.4 Å². The van der Waals surface area contributed by atoms with Crippen molar-refractivity contribution in [1.82, 2.24) is 5.32 Å². The van der Waals surface area contributed by atoms with Gasteiger partial charge in [0.1, 0.15) is 5.82 Å². The van der Waals surface area contributed by atoms with Crippen LogP contribution in [0, 0.1) is 5.82 Å². The zero-order chi connectivity index (χ0) is 11.4. The van der Waals surface area contributed by atoms with E-state index in [9.17, 15) is 4.39 Å². The van der Waals surface area contributed by atoms with Gasteiger partial charge in [0.25, 0.3) is 0 Å². The van der Waals surface area contributed by atoms with Gasteiger partial charge in [-0.2, -0.15) is 0 Å². The van der Waals surface area contributed by atoms with Crippen molar-refractivity contribution in [2.24, 2.45) is 0 Å². The van der Waals surface area contributed by atoms with E-state index in [1.54, 1.807) is 12.1 Å². The molecule has 1 aliphatic heterocycles. The maximum atomic E-state index is 13.6. The Labute approximate surface area is 100 Å². The summed E-state index contributed by atoms with van der Waals surface area (Å²) in [5, 5.41) is 3.82. The lowest BCUT2D eigenvalue weighted by atomic mass is 10.0. The summed E-state index contributed by atoms with van der Waals surface area (Å²) in [4.78, 5) is 0. The molecule has 0 unspecified atom stereocenters. The highest BCUT2D eigenvalue weighted by Gasteiger charge is 2.08. The highest BCUT2D eigenvalue weighted by molar-refractivity contribution is 6.32. The second-order valence-corrected chi connectivity index (χ2v) is 4.45. The van der Waals surface area contributed by atoms with Gasteiger partial charge in [0.15, 0.2) is 0 Å². The first-order valence-electron chi connectivity index (χ1n) is 5.61. The van der Waals surface area contributed by atoms with Crippen LogP contribution in [0.5, 0.6) is 0 Å². The van der Waals surface area contributed by atoms with Crippen molar-refractivity contribution >= 4 is 17.7 Å². The molecule has 0 saturated carbocycles. The van der Waals surface area contributed by atoms with Crippen LogP contribution in [0.4, 0.5) is 4.39 Å². The summed E-state index contributed by atoms with van der Waals surface area (Å²) in [5.41, 5.74) is 1.80. The van der Waals surface area contributed by atoms with Gasteiger partial charge < -0.3 is 5.32 Å². The van der Waals surface area contributed by atoms with E-state index < -0.39 is 0 Å². The second-order valence-electron chi connectivity index (χ2n) is 4.04. The van der Waals surface area contributed by atoms with Crippen LogP contribution in [0.2, 0.25) is 5.02 Å². The molecule has 0 bridgehead atoms. The standard InChI is InChI=1S/C13H15ClFN/c14-12-4-1-5-13(15)11(12)9-10-3-2-7-16-8-6-10/h1,4-5,9,16H,2-3,6-8H2/b10-9-. The Balaban J connectivity index is 2.26. The van der Waals surface area contributed by atoms with Crippen molar-refractivity contribution in [1.29, 1.82) is 0 Å². The third-order valence-electron chi connectivity index (χ3n) is 2.82. The van der Waals surface area contributed by atoms with E-state index in [0.29, 0.717) is 10.6 Å². The third kappa shape index (κ3) is 2.83. The molecule has 1 nitrogen and oxygen atoms in total. The van der Waals surface area contributed by atoms with Gasteiger partial charge in [-0.25, -0.2) is 4.39 Å². The lowest BCUT2D eigenvalue weighted by molar-refractivity contribution is 0.625. The van der Waals surface area contributed by atoms with Gasteiger partial charge in [0.05, 0.1) is 5.02 Å². The lowest BCUT2D eigenvalue weighted by Gasteiger charge is -2.05. The Morgan fingerprint density at radius 3 is 2.94 bits per heavy atom. The Bertz CT molecular complexity index is 371. The first-order chi connectivity index (χ1) is 7.77. The summed E-state index contributed by atoms with van der Waals surface area (Å²) in [6, 6.07) is 4.81. The number of rotatable bonds is 1. The molecule has 0 aromatic heterocycles. The molecule has 0 aliphatic carbocycles. The molecule has 0 spiro atoms. The quantitative estimate of drug-likeness (QED) is 0.789. The van der Waals surface area contributed by atoms with Crippen molar-refractivity contribution in [3.63, 3.8) is 0 Å².